The van der Waals surface area contributed by atoms with Crippen molar-refractivity contribution in [1.82, 2.24) is 14.6 Å². The van der Waals surface area contributed by atoms with Gasteiger partial charge in [-0.3, -0.25) is 4.79 Å². The van der Waals surface area contributed by atoms with Crippen LogP contribution in [0.25, 0.3) is 10.6 Å². The summed E-state index contributed by atoms with van der Waals surface area (Å²) in [7, 11) is -3.76. The maximum absolute atomic E-state index is 13.4. The molecule has 6 nitrogen and oxygen atoms in total. The number of carbonyl (C=O) groups excluding carboxylic acids is 1. The molecule has 0 bridgehead atoms. The summed E-state index contributed by atoms with van der Waals surface area (Å²) in [5.74, 6) is -0.948. The first-order valence-corrected chi connectivity index (χ1v) is 12.3. The fourth-order valence-electron chi connectivity index (χ4n) is 3.56. The number of amides is 1. The molecule has 1 fully saturated rings. The molecule has 3 aromatic rings. The van der Waals surface area contributed by atoms with Gasteiger partial charge < -0.3 is 5.32 Å². The van der Waals surface area contributed by atoms with E-state index in [9.17, 15) is 17.6 Å². The molecule has 1 aromatic heterocycles. The van der Waals surface area contributed by atoms with Crippen LogP contribution in [0.3, 0.4) is 0 Å². The minimum Gasteiger partial charge on any atom is -0.350 e. The van der Waals surface area contributed by atoms with Gasteiger partial charge in [0.2, 0.25) is 15.9 Å². The second-order valence-corrected chi connectivity index (χ2v) is 10.2. The summed E-state index contributed by atoms with van der Waals surface area (Å²) in [6.07, 6.45) is 0.847. The number of sulfonamides is 1. The number of nitrogens with one attached hydrogen (secondary N) is 1. The van der Waals surface area contributed by atoms with Gasteiger partial charge in [-0.1, -0.05) is 36.4 Å². The van der Waals surface area contributed by atoms with Crippen LogP contribution < -0.4 is 5.32 Å². The molecule has 0 spiro atoms. The Kier molecular flexibility index (Phi) is 6.45. The van der Waals surface area contributed by atoms with Gasteiger partial charge in [-0.25, -0.2) is 17.8 Å². The van der Waals surface area contributed by atoms with Crippen molar-refractivity contribution in [3.05, 3.63) is 71.5 Å². The monoisotopic (exact) mass is 459 g/mol. The zero-order chi connectivity index (χ0) is 21.8. The van der Waals surface area contributed by atoms with Crippen molar-refractivity contribution in [3.8, 4) is 10.6 Å². The summed E-state index contributed by atoms with van der Waals surface area (Å²) >= 11 is 1.53. The van der Waals surface area contributed by atoms with E-state index < -0.39 is 15.8 Å². The molecule has 1 N–H and O–H groups in total. The average molecular weight is 460 g/mol. The topological polar surface area (TPSA) is 79.4 Å². The standard InChI is InChI=1S/C22H22FN3O3S2/c23-18-7-4-8-20(13-18)31(28,29)26-11-9-16(10-12-26)21(27)24-14-19-15-30-22(25-19)17-5-2-1-3-6-17/h1-8,13,15-16H,9-12,14H2,(H,24,27). The van der Waals surface area contributed by atoms with E-state index in [4.69, 9.17) is 0 Å². The van der Waals surface area contributed by atoms with Crippen molar-refractivity contribution >= 4 is 27.3 Å². The molecule has 9 heteroatoms. The predicted molar refractivity (Wildman–Crippen MR) is 117 cm³/mol. The van der Waals surface area contributed by atoms with Crippen LogP contribution in [0.5, 0.6) is 0 Å². The first-order valence-electron chi connectivity index (χ1n) is 9.97. The average Bonchev–Trinajstić information content (AvgIpc) is 3.27. The number of carbonyl (C=O) groups is 1. The molecule has 162 valence electrons. The first-order chi connectivity index (χ1) is 14.9. The Morgan fingerprint density at radius 2 is 1.87 bits per heavy atom. The molecular weight excluding hydrogens is 437 g/mol. The number of benzene rings is 2. The number of hydrogen-bond acceptors (Lipinski definition) is 5. The highest BCUT2D eigenvalue weighted by Gasteiger charge is 2.32. The van der Waals surface area contributed by atoms with Gasteiger partial charge in [0.1, 0.15) is 10.8 Å². The Morgan fingerprint density at radius 1 is 1.13 bits per heavy atom. The molecule has 1 saturated heterocycles. The third-order valence-electron chi connectivity index (χ3n) is 5.27. The Hall–Kier alpha value is -2.62. The van der Waals surface area contributed by atoms with Gasteiger partial charge in [0.05, 0.1) is 17.1 Å². The summed E-state index contributed by atoms with van der Waals surface area (Å²) in [6, 6.07) is 14.8. The van der Waals surface area contributed by atoms with Crippen LogP contribution in [-0.2, 0) is 21.4 Å². The van der Waals surface area contributed by atoms with Gasteiger partial charge >= 0.3 is 0 Å². The largest absolute Gasteiger partial charge is 0.350 e. The van der Waals surface area contributed by atoms with E-state index >= 15 is 0 Å². The Labute approximate surface area is 184 Å². The summed E-state index contributed by atoms with van der Waals surface area (Å²) in [5.41, 5.74) is 1.83. The Bertz CT molecular complexity index is 1160. The maximum Gasteiger partial charge on any atom is 0.243 e. The summed E-state index contributed by atoms with van der Waals surface area (Å²) in [4.78, 5) is 17.1. The highest BCUT2D eigenvalue weighted by Crippen LogP contribution is 2.25. The van der Waals surface area contributed by atoms with Crippen molar-refractivity contribution in [2.75, 3.05) is 13.1 Å². The second-order valence-electron chi connectivity index (χ2n) is 7.36. The molecule has 0 radical (unpaired) electrons. The molecule has 2 heterocycles. The second kappa shape index (κ2) is 9.25. The molecule has 0 saturated carbocycles. The molecular formula is C22H22FN3O3S2. The van der Waals surface area contributed by atoms with Crippen LogP contribution in [0.4, 0.5) is 4.39 Å². The van der Waals surface area contributed by atoms with E-state index in [1.807, 2.05) is 35.7 Å². The molecule has 1 aliphatic rings. The van der Waals surface area contributed by atoms with Gasteiger partial charge in [-0.05, 0) is 31.0 Å². The lowest BCUT2D eigenvalue weighted by atomic mass is 9.97. The number of piperidine rings is 1. The minimum absolute atomic E-state index is 0.0619. The number of hydrogen-bond donors (Lipinski definition) is 1. The third kappa shape index (κ3) is 5.00. The zero-order valence-electron chi connectivity index (χ0n) is 16.7. The van der Waals surface area contributed by atoms with Gasteiger partial charge in [-0.15, -0.1) is 11.3 Å². The van der Waals surface area contributed by atoms with E-state index in [1.54, 1.807) is 0 Å². The van der Waals surface area contributed by atoms with Crippen LogP contribution in [0.2, 0.25) is 0 Å². The van der Waals surface area contributed by atoms with E-state index in [1.165, 1.54) is 33.8 Å². The molecule has 31 heavy (non-hydrogen) atoms. The number of rotatable bonds is 6. The van der Waals surface area contributed by atoms with Crippen LogP contribution in [0.15, 0.2) is 64.9 Å². The van der Waals surface area contributed by atoms with Crippen molar-refractivity contribution in [2.45, 2.75) is 24.3 Å². The molecule has 1 aliphatic heterocycles. The van der Waals surface area contributed by atoms with Crippen molar-refractivity contribution in [3.63, 3.8) is 0 Å². The highest BCUT2D eigenvalue weighted by molar-refractivity contribution is 7.89. The fourth-order valence-corrected chi connectivity index (χ4v) is 5.89. The molecule has 0 aliphatic carbocycles. The normalized spacial score (nSPS) is 15.6. The SMILES string of the molecule is O=C(NCc1csc(-c2ccccc2)n1)C1CCN(S(=O)(=O)c2cccc(F)c2)CC1. The van der Waals surface area contributed by atoms with Gasteiger partial charge in [0, 0.05) is 30.0 Å². The number of halogens is 1. The Balaban J connectivity index is 1.30. The molecule has 0 unspecified atom stereocenters. The van der Waals surface area contributed by atoms with Crippen LogP contribution >= 0.6 is 11.3 Å². The quantitative estimate of drug-likeness (QED) is 0.610. The lowest BCUT2D eigenvalue weighted by Crippen LogP contribution is -2.42. The minimum atomic E-state index is -3.76. The van der Waals surface area contributed by atoms with Crippen LogP contribution in [0.1, 0.15) is 18.5 Å². The zero-order valence-corrected chi connectivity index (χ0v) is 18.3. The lowest BCUT2D eigenvalue weighted by Gasteiger charge is -2.30. The summed E-state index contributed by atoms with van der Waals surface area (Å²) < 4.78 is 40.1. The van der Waals surface area contributed by atoms with Crippen molar-refractivity contribution in [2.24, 2.45) is 5.92 Å². The predicted octanol–water partition coefficient (Wildman–Crippen LogP) is 3.67. The van der Waals surface area contributed by atoms with E-state index in [0.717, 1.165) is 22.3 Å². The number of thiazole rings is 1. The van der Waals surface area contributed by atoms with E-state index in [-0.39, 0.29) is 29.8 Å². The van der Waals surface area contributed by atoms with Crippen LogP contribution in [-0.4, -0.2) is 36.7 Å². The number of aromatic nitrogens is 1. The maximum atomic E-state index is 13.4. The molecule has 2 aromatic carbocycles. The summed E-state index contributed by atoms with van der Waals surface area (Å²) in [6.45, 7) is 0.793. The molecule has 4 rings (SSSR count). The lowest BCUT2D eigenvalue weighted by molar-refractivity contribution is -0.126. The highest BCUT2D eigenvalue weighted by atomic mass is 32.2. The van der Waals surface area contributed by atoms with Gasteiger partial charge in [0.15, 0.2) is 0 Å². The van der Waals surface area contributed by atoms with Crippen molar-refractivity contribution < 1.29 is 17.6 Å². The van der Waals surface area contributed by atoms with Crippen molar-refractivity contribution in [1.29, 1.82) is 0 Å². The number of nitrogens with zero attached hydrogens (tertiary/aromatic N) is 2. The Morgan fingerprint density at radius 3 is 2.58 bits per heavy atom. The first kappa shape index (κ1) is 21.6. The smallest absolute Gasteiger partial charge is 0.243 e. The van der Waals surface area contributed by atoms with Crippen LogP contribution in [0, 0.1) is 11.7 Å². The molecule has 0 atom stereocenters. The fraction of sp³-hybridized carbons (Fsp3) is 0.273. The third-order valence-corrected chi connectivity index (χ3v) is 8.11. The van der Waals surface area contributed by atoms with Gasteiger partial charge in [0.25, 0.3) is 0 Å². The van der Waals surface area contributed by atoms with E-state index in [0.29, 0.717) is 19.4 Å². The van der Waals surface area contributed by atoms with E-state index in [2.05, 4.69) is 10.3 Å². The molecule has 1 amide bonds. The van der Waals surface area contributed by atoms with Gasteiger partial charge in [-0.2, -0.15) is 4.31 Å². The summed E-state index contributed by atoms with van der Waals surface area (Å²) in [5, 5.41) is 5.74.